The number of hydrogen-bond donors (Lipinski definition) is 2. The number of benzene rings is 1. The Morgan fingerprint density at radius 2 is 2.00 bits per heavy atom. The van der Waals surface area contributed by atoms with E-state index in [0.29, 0.717) is 12.1 Å². The number of aromatic nitrogens is 2. The molecule has 0 radical (unpaired) electrons. The van der Waals surface area contributed by atoms with Crippen molar-refractivity contribution in [2.45, 2.75) is 57.5 Å². The molecule has 2 aromatic rings. The molecule has 136 valence electrons. The fourth-order valence-electron chi connectivity index (χ4n) is 4.25. The Bertz CT molecular complexity index is 738. The van der Waals surface area contributed by atoms with Gasteiger partial charge in [0.1, 0.15) is 0 Å². The first-order valence-electron chi connectivity index (χ1n) is 9.23. The summed E-state index contributed by atoms with van der Waals surface area (Å²) in [5, 5.41) is 6.56. The highest BCUT2D eigenvalue weighted by Crippen LogP contribution is 2.35. The Morgan fingerprint density at radius 3 is 2.76 bits per heavy atom. The summed E-state index contributed by atoms with van der Waals surface area (Å²) in [5.41, 5.74) is 2.11. The number of carbonyl (C=O) groups is 1. The van der Waals surface area contributed by atoms with Crippen LogP contribution in [0.2, 0.25) is 0 Å². The fraction of sp³-hybridized carbons (Fsp3) is 0.579. The maximum Gasteiger partial charge on any atom is 0.229 e. The zero-order valence-corrected chi connectivity index (χ0v) is 15.5. The predicted molar refractivity (Wildman–Crippen MR) is 103 cm³/mol. The van der Waals surface area contributed by atoms with E-state index in [1.54, 1.807) is 0 Å². The summed E-state index contributed by atoms with van der Waals surface area (Å²) in [6.07, 6.45) is 6.67. The molecule has 6 heteroatoms. The van der Waals surface area contributed by atoms with E-state index in [9.17, 15) is 4.79 Å². The van der Waals surface area contributed by atoms with Gasteiger partial charge in [0.05, 0.1) is 11.0 Å². The molecule has 2 fully saturated rings. The monoisotopic (exact) mass is 362 g/mol. The van der Waals surface area contributed by atoms with Crippen molar-refractivity contribution < 1.29 is 4.79 Å². The second-order valence-corrected chi connectivity index (χ2v) is 7.30. The summed E-state index contributed by atoms with van der Waals surface area (Å²) in [5.74, 6) is 0.940. The molecule has 1 aliphatic carbocycles. The van der Waals surface area contributed by atoms with Crippen LogP contribution in [0, 0.1) is 5.92 Å². The molecule has 1 saturated carbocycles. The highest BCUT2D eigenvalue weighted by atomic mass is 35.5. The number of hydrogen-bond acceptors (Lipinski definition) is 3. The number of fused-ring (bicyclic) bond motifs is 1. The number of nitrogens with one attached hydrogen (secondary N) is 2. The highest BCUT2D eigenvalue weighted by Gasteiger charge is 2.28. The molecule has 1 amide bonds. The standard InChI is InChI=1S/C19H26N4O.ClH/c1-13-12-14(10-11-20-13)18(24)22-19-21-16-8-4-5-9-17(16)23(19)15-6-2-3-7-15;/h4-5,8-9,13-15,20H,2-3,6-7,10-12H2,1H3,(H,21,22,24);1H/t13-,14-;/m0./s1. The molecule has 1 saturated heterocycles. The van der Waals surface area contributed by atoms with Gasteiger partial charge in [-0.25, -0.2) is 4.98 Å². The van der Waals surface area contributed by atoms with Crippen LogP contribution < -0.4 is 10.6 Å². The van der Waals surface area contributed by atoms with Crippen LogP contribution in [0.3, 0.4) is 0 Å². The molecule has 25 heavy (non-hydrogen) atoms. The van der Waals surface area contributed by atoms with Crippen LogP contribution in [-0.4, -0.2) is 28.0 Å². The van der Waals surface area contributed by atoms with Crippen LogP contribution in [0.25, 0.3) is 11.0 Å². The highest BCUT2D eigenvalue weighted by molar-refractivity contribution is 5.93. The lowest BCUT2D eigenvalue weighted by Gasteiger charge is -2.27. The minimum absolute atomic E-state index is 0. The van der Waals surface area contributed by atoms with Gasteiger partial charge in [-0.15, -0.1) is 12.4 Å². The Kier molecular flexibility index (Phi) is 5.64. The van der Waals surface area contributed by atoms with Crippen molar-refractivity contribution >= 4 is 35.3 Å². The van der Waals surface area contributed by atoms with Gasteiger partial charge in [-0.2, -0.15) is 0 Å². The average Bonchev–Trinajstić information content (AvgIpc) is 3.21. The Morgan fingerprint density at radius 1 is 1.24 bits per heavy atom. The van der Waals surface area contributed by atoms with E-state index in [-0.39, 0.29) is 24.2 Å². The summed E-state index contributed by atoms with van der Waals surface area (Å²) in [4.78, 5) is 17.5. The molecule has 1 aliphatic heterocycles. The molecule has 2 atom stereocenters. The van der Waals surface area contributed by atoms with Crippen molar-refractivity contribution in [2.75, 3.05) is 11.9 Å². The first kappa shape index (κ1) is 18.2. The fourth-order valence-corrected chi connectivity index (χ4v) is 4.25. The SMILES string of the molecule is C[C@H]1C[C@@H](C(=O)Nc2nc3ccccc3n2C2CCCC2)CCN1.Cl. The Balaban J connectivity index is 0.00000182. The molecule has 5 nitrogen and oxygen atoms in total. The summed E-state index contributed by atoms with van der Waals surface area (Å²) in [6.45, 7) is 3.06. The molecule has 0 unspecified atom stereocenters. The quantitative estimate of drug-likeness (QED) is 0.870. The number of amides is 1. The maximum atomic E-state index is 12.8. The zero-order valence-electron chi connectivity index (χ0n) is 14.7. The summed E-state index contributed by atoms with van der Waals surface area (Å²) < 4.78 is 2.27. The third kappa shape index (κ3) is 3.67. The minimum Gasteiger partial charge on any atom is -0.314 e. The second kappa shape index (κ2) is 7.75. The van der Waals surface area contributed by atoms with Crippen LogP contribution in [-0.2, 0) is 4.79 Å². The van der Waals surface area contributed by atoms with Gasteiger partial charge in [0, 0.05) is 18.0 Å². The van der Waals surface area contributed by atoms with E-state index < -0.39 is 0 Å². The number of piperidine rings is 1. The molecule has 1 aromatic heterocycles. The molecular weight excluding hydrogens is 336 g/mol. The number of imidazole rings is 1. The summed E-state index contributed by atoms with van der Waals surface area (Å²) in [7, 11) is 0. The van der Waals surface area contributed by atoms with Gasteiger partial charge in [0.25, 0.3) is 0 Å². The Hall–Kier alpha value is -1.59. The number of para-hydroxylation sites is 2. The normalized spacial score (nSPS) is 24.2. The van der Waals surface area contributed by atoms with Gasteiger partial charge in [0.2, 0.25) is 11.9 Å². The van der Waals surface area contributed by atoms with Crippen molar-refractivity contribution in [3.63, 3.8) is 0 Å². The van der Waals surface area contributed by atoms with Crippen LogP contribution in [0.5, 0.6) is 0 Å². The van der Waals surface area contributed by atoms with E-state index in [0.717, 1.165) is 36.4 Å². The third-order valence-electron chi connectivity index (χ3n) is 5.52. The molecule has 0 spiro atoms. The molecular formula is C19H27ClN4O. The molecule has 2 N–H and O–H groups in total. The van der Waals surface area contributed by atoms with Crippen molar-refractivity contribution in [2.24, 2.45) is 5.92 Å². The molecule has 4 rings (SSSR count). The van der Waals surface area contributed by atoms with Gasteiger partial charge in [0.15, 0.2) is 0 Å². The van der Waals surface area contributed by atoms with Gasteiger partial charge in [-0.05, 0) is 51.3 Å². The average molecular weight is 363 g/mol. The van der Waals surface area contributed by atoms with Gasteiger partial charge >= 0.3 is 0 Å². The number of anilines is 1. The van der Waals surface area contributed by atoms with Gasteiger partial charge in [-0.1, -0.05) is 25.0 Å². The van der Waals surface area contributed by atoms with Crippen LogP contribution in [0.4, 0.5) is 5.95 Å². The second-order valence-electron chi connectivity index (χ2n) is 7.30. The first-order chi connectivity index (χ1) is 11.7. The van der Waals surface area contributed by atoms with Crippen LogP contribution in [0.1, 0.15) is 51.5 Å². The molecule has 2 aliphatic rings. The van der Waals surface area contributed by atoms with Crippen molar-refractivity contribution in [3.05, 3.63) is 24.3 Å². The van der Waals surface area contributed by atoms with E-state index >= 15 is 0 Å². The zero-order chi connectivity index (χ0) is 16.5. The van der Waals surface area contributed by atoms with Crippen molar-refractivity contribution in [3.8, 4) is 0 Å². The van der Waals surface area contributed by atoms with Gasteiger partial charge < -0.3 is 9.88 Å². The van der Waals surface area contributed by atoms with Gasteiger partial charge in [-0.3, -0.25) is 10.1 Å². The third-order valence-corrected chi connectivity index (χ3v) is 5.52. The predicted octanol–water partition coefficient (Wildman–Crippen LogP) is 3.90. The van der Waals surface area contributed by atoms with E-state index in [1.165, 1.54) is 25.7 Å². The van der Waals surface area contributed by atoms with E-state index in [1.807, 2.05) is 12.1 Å². The van der Waals surface area contributed by atoms with E-state index in [4.69, 9.17) is 4.98 Å². The summed E-state index contributed by atoms with van der Waals surface area (Å²) in [6, 6.07) is 9.07. The van der Waals surface area contributed by atoms with Crippen molar-refractivity contribution in [1.82, 2.24) is 14.9 Å². The molecule has 1 aromatic carbocycles. The smallest absolute Gasteiger partial charge is 0.229 e. The molecule has 0 bridgehead atoms. The molecule has 2 heterocycles. The lowest BCUT2D eigenvalue weighted by atomic mass is 9.92. The lowest BCUT2D eigenvalue weighted by Crippen LogP contribution is -2.40. The minimum atomic E-state index is 0. The number of carbonyl (C=O) groups excluding carboxylic acids is 1. The number of halogens is 1. The first-order valence-corrected chi connectivity index (χ1v) is 9.23. The topological polar surface area (TPSA) is 59.0 Å². The number of nitrogens with zero attached hydrogens (tertiary/aromatic N) is 2. The maximum absolute atomic E-state index is 12.8. The number of rotatable bonds is 3. The summed E-state index contributed by atoms with van der Waals surface area (Å²) >= 11 is 0. The Labute approximate surface area is 155 Å². The van der Waals surface area contributed by atoms with Crippen molar-refractivity contribution in [1.29, 1.82) is 0 Å². The van der Waals surface area contributed by atoms with Crippen LogP contribution >= 0.6 is 12.4 Å². The van der Waals surface area contributed by atoms with E-state index in [2.05, 4.69) is 34.3 Å². The van der Waals surface area contributed by atoms with Crippen LogP contribution in [0.15, 0.2) is 24.3 Å². The lowest BCUT2D eigenvalue weighted by molar-refractivity contribution is -0.120. The largest absolute Gasteiger partial charge is 0.314 e.